The van der Waals surface area contributed by atoms with E-state index in [0.717, 1.165) is 4.31 Å². The molecule has 1 aromatic heterocycles. The van der Waals surface area contributed by atoms with Crippen molar-refractivity contribution in [3.05, 3.63) is 17.9 Å². The van der Waals surface area contributed by atoms with Gasteiger partial charge in [-0.2, -0.15) is 9.57 Å². The van der Waals surface area contributed by atoms with Crippen LogP contribution in [0.2, 0.25) is 0 Å². The fourth-order valence-electron chi connectivity index (χ4n) is 2.32. The van der Waals surface area contributed by atoms with Crippen LogP contribution in [0.5, 0.6) is 0 Å². The normalized spacial score (nSPS) is 24.2. The van der Waals surface area contributed by atoms with Crippen molar-refractivity contribution in [1.29, 1.82) is 5.26 Å². The second-order valence-electron chi connectivity index (χ2n) is 4.93. The minimum absolute atomic E-state index is 0.0509. The lowest BCUT2D eigenvalue weighted by atomic mass is 9.92. The lowest BCUT2D eigenvalue weighted by Gasteiger charge is -2.32. The van der Waals surface area contributed by atoms with Crippen molar-refractivity contribution in [3.63, 3.8) is 0 Å². The number of furan rings is 1. The number of sulfonamides is 1. The number of carboxylic acids is 1. The van der Waals surface area contributed by atoms with Crippen LogP contribution in [0.1, 0.15) is 19.1 Å². The Morgan fingerprint density at radius 2 is 2.20 bits per heavy atom. The van der Waals surface area contributed by atoms with Crippen molar-refractivity contribution in [3.8, 4) is 6.07 Å². The summed E-state index contributed by atoms with van der Waals surface area (Å²) in [5.41, 5.74) is 0. The molecule has 0 radical (unpaired) electrons. The first kappa shape index (κ1) is 14.6. The Morgan fingerprint density at radius 3 is 2.75 bits per heavy atom. The standard InChI is InChI=1S/C12H14N2O5S/c1-8-4-9(12(15)16)7-14(6-8)20(17,18)11-3-2-10(5-13)19-11/h2-3,8-9H,4,6-7H2,1H3,(H,15,16). The first-order valence-electron chi connectivity index (χ1n) is 6.07. The number of aliphatic carboxylic acids is 1. The number of carboxylic acid groups (broad SMARTS) is 1. The van der Waals surface area contributed by atoms with E-state index >= 15 is 0 Å². The molecule has 0 aromatic carbocycles. The number of piperidine rings is 1. The maximum atomic E-state index is 12.4. The van der Waals surface area contributed by atoms with Crippen molar-refractivity contribution in [1.82, 2.24) is 4.31 Å². The van der Waals surface area contributed by atoms with Gasteiger partial charge in [0.05, 0.1) is 5.92 Å². The van der Waals surface area contributed by atoms with Gasteiger partial charge in [0, 0.05) is 13.1 Å². The smallest absolute Gasteiger partial charge is 0.307 e. The zero-order valence-corrected chi connectivity index (χ0v) is 11.6. The van der Waals surface area contributed by atoms with Crippen molar-refractivity contribution in [2.75, 3.05) is 13.1 Å². The molecule has 1 N–H and O–H groups in total. The second-order valence-corrected chi connectivity index (χ2v) is 6.80. The highest BCUT2D eigenvalue weighted by atomic mass is 32.2. The molecule has 0 aliphatic carbocycles. The summed E-state index contributed by atoms with van der Waals surface area (Å²) in [4.78, 5) is 11.1. The lowest BCUT2D eigenvalue weighted by molar-refractivity contribution is -0.143. The van der Waals surface area contributed by atoms with Crippen LogP contribution in [0.4, 0.5) is 0 Å². The fraction of sp³-hybridized carbons (Fsp3) is 0.500. The average molecular weight is 298 g/mol. The van der Waals surface area contributed by atoms with Gasteiger partial charge in [0.1, 0.15) is 6.07 Å². The molecular weight excluding hydrogens is 284 g/mol. The maximum absolute atomic E-state index is 12.4. The quantitative estimate of drug-likeness (QED) is 0.886. The Kier molecular flexibility index (Phi) is 3.83. The van der Waals surface area contributed by atoms with Gasteiger partial charge in [-0.25, -0.2) is 8.42 Å². The van der Waals surface area contributed by atoms with Crippen LogP contribution in [0.15, 0.2) is 21.6 Å². The molecule has 8 heteroatoms. The Morgan fingerprint density at radius 1 is 1.50 bits per heavy atom. The molecule has 0 saturated carbocycles. The third-order valence-electron chi connectivity index (χ3n) is 3.26. The molecule has 2 rings (SSSR count). The van der Waals surface area contributed by atoms with E-state index < -0.39 is 21.9 Å². The van der Waals surface area contributed by atoms with Gasteiger partial charge in [-0.15, -0.1) is 0 Å². The van der Waals surface area contributed by atoms with Crippen molar-refractivity contribution >= 4 is 16.0 Å². The van der Waals surface area contributed by atoms with Crippen LogP contribution in [0.3, 0.4) is 0 Å². The predicted molar refractivity (Wildman–Crippen MR) is 67.1 cm³/mol. The summed E-state index contributed by atoms with van der Waals surface area (Å²) in [6.07, 6.45) is 0.447. The van der Waals surface area contributed by atoms with E-state index in [-0.39, 0.29) is 29.9 Å². The van der Waals surface area contributed by atoms with Crippen LogP contribution in [-0.4, -0.2) is 36.9 Å². The van der Waals surface area contributed by atoms with Gasteiger partial charge in [-0.05, 0) is 24.5 Å². The van der Waals surface area contributed by atoms with E-state index in [1.165, 1.54) is 12.1 Å². The van der Waals surface area contributed by atoms with Gasteiger partial charge in [0.25, 0.3) is 10.0 Å². The Balaban J connectivity index is 2.29. The highest BCUT2D eigenvalue weighted by Crippen LogP contribution is 2.27. The molecule has 1 fully saturated rings. The Labute approximate surface area is 116 Å². The third-order valence-corrected chi connectivity index (χ3v) is 4.97. The van der Waals surface area contributed by atoms with Gasteiger partial charge in [0.2, 0.25) is 10.9 Å². The first-order chi connectivity index (χ1) is 9.34. The molecule has 1 aliphatic rings. The molecule has 2 atom stereocenters. The zero-order chi connectivity index (χ0) is 14.9. The number of carbonyl (C=O) groups is 1. The van der Waals surface area contributed by atoms with E-state index in [2.05, 4.69) is 0 Å². The lowest BCUT2D eigenvalue weighted by Crippen LogP contribution is -2.45. The van der Waals surface area contributed by atoms with E-state index in [9.17, 15) is 13.2 Å². The molecule has 0 bridgehead atoms. The maximum Gasteiger partial charge on any atom is 0.307 e. The number of rotatable bonds is 3. The average Bonchev–Trinajstić information content (AvgIpc) is 2.87. The van der Waals surface area contributed by atoms with Gasteiger partial charge < -0.3 is 9.52 Å². The highest BCUT2D eigenvalue weighted by molar-refractivity contribution is 7.89. The van der Waals surface area contributed by atoms with Crippen LogP contribution in [0.25, 0.3) is 0 Å². The van der Waals surface area contributed by atoms with E-state index in [1.807, 2.05) is 0 Å². The van der Waals surface area contributed by atoms with Crippen LogP contribution in [-0.2, 0) is 14.8 Å². The summed E-state index contributed by atoms with van der Waals surface area (Å²) in [6, 6.07) is 4.20. The minimum atomic E-state index is -3.90. The topological polar surface area (TPSA) is 112 Å². The summed E-state index contributed by atoms with van der Waals surface area (Å²) in [5.74, 6) is -1.87. The Hall–Kier alpha value is -1.85. The van der Waals surface area contributed by atoms with E-state index in [1.54, 1.807) is 13.0 Å². The predicted octanol–water partition coefficient (Wildman–Crippen LogP) is 0.883. The van der Waals surface area contributed by atoms with Crippen LogP contribution >= 0.6 is 0 Å². The molecule has 0 spiro atoms. The number of nitrogens with zero attached hydrogens (tertiary/aromatic N) is 2. The first-order valence-corrected chi connectivity index (χ1v) is 7.51. The molecule has 0 amide bonds. The van der Waals surface area contributed by atoms with Crippen LogP contribution in [0, 0.1) is 23.2 Å². The second kappa shape index (κ2) is 5.26. The molecule has 1 aliphatic heterocycles. The molecular formula is C12H14N2O5S. The molecule has 1 saturated heterocycles. The molecule has 7 nitrogen and oxygen atoms in total. The largest absolute Gasteiger partial charge is 0.481 e. The highest BCUT2D eigenvalue weighted by Gasteiger charge is 2.37. The Bertz CT molecular complexity index is 658. The van der Waals surface area contributed by atoms with Crippen molar-refractivity contribution < 1.29 is 22.7 Å². The molecule has 2 unspecified atom stereocenters. The zero-order valence-electron chi connectivity index (χ0n) is 10.8. The van der Waals surface area contributed by atoms with E-state index in [4.69, 9.17) is 14.8 Å². The summed E-state index contributed by atoms with van der Waals surface area (Å²) in [6.45, 7) is 1.97. The van der Waals surface area contributed by atoms with Crippen LogP contribution < -0.4 is 0 Å². The summed E-state index contributed by atoms with van der Waals surface area (Å²) < 4.78 is 30.8. The summed E-state index contributed by atoms with van der Waals surface area (Å²) in [5, 5.41) is 17.4. The van der Waals surface area contributed by atoms with E-state index in [0.29, 0.717) is 6.42 Å². The van der Waals surface area contributed by atoms with Crippen molar-refractivity contribution in [2.24, 2.45) is 11.8 Å². The third kappa shape index (κ3) is 2.69. The van der Waals surface area contributed by atoms with Gasteiger partial charge in [-0.3, -0.25) is 4.79 Å². The molecule has 108 valence electrons. The molecule has 20 heavy (non-hydrogen) atoms. The SMILES string of the molecule is CC1CC(C(=O)O)CN(S(=O)(=O)c2ccc(C#N)o2)C1. The summed E-state index contributed by atoms with van der Waals surface area (Å²) in [7, 11) is -3.90. The molecule has 1 aromatic rings. The number of hydrogen-bond donors (Lipinski definition) is 1. The van der Waals surface area contributed by atoms with Gasteiger partial charge in [-0.1, -0.05) is 6.92 Å². The van der Waals surface area contributed by atoms with Gasteiger partial charge in [0.15, 0.2) is 0 Å². The minimum Gasteiger partial charge on any atom is -0.481 e. The van der Waals surface area contributed by atoms with Crippen molar-refractivity contribution in [2.45, 2.75) is 18.4 Å². The monoisotopic (exact) mass is 298 g/mol. The number of nitriles is 1. The van der Waals surface area contributed by atoms with Gasteiger partial charge >= 0.3 is 5.97 Å². The molecule has 2 heterocycles. The number of hydrogen-bond acceptors (Lipinski definition) is 5. The fourth-order valence-corrected chi connectivity index (χ4v) is 3.84. The summed E-state index contributed by atoms with van der Waals surface area (Å²) >= 11 is 0.